The van der Waals surface area contributed by atoms with Gasteiger partial charge in [-0.3, -0.25) is 4.79 Å². The number of carbonyl (C=O) groups is 1. The van der Waals surface area contributed by atoms with Gasteiger partial charge in [-0.15, -0.1) is 0 Å². The second kappa shape index (κ2) is 3.65. The van der Waals surface area contributed by atoms with E-state index >= 15 is 0 Å². The van der Waals surface area contributed by atoms with Crippen molar-refractivity contribution in [2.45, 2.75) is 25.7 Å². The van der Waals surface area contributed by atoms with Crippen LogP contribution in [0.2, 0.25) is 0 Å². The molecule has 1 saturated carbocycles. The Kier molecular flexibility index (Phi) is 2.47. The number of rotatable bonds is 2. The van der Waals surface area contributed by atoms with E-state index in [1.54, 1.807) is 13.0 Å². The van der Waals surface area contributed by atoms with Crippen LogP contribution in [0.4, 0.5) is 4.39 Å². The standard InChI is InChI=1S/C12H13FO2/c1-7-2-3-8(6-11(7)13)9-4-5-10(9)12(14)15/h2-3,6,9-10H,4-5H2,1H3,(H,14,15). The lowest BCUT2D eigenvalue weighted by Gasteiger charge is -2.33. The minimum atomic E-state index is -0.771. The molecule has 15 heavy (non-hydrogen) atoms. The largest absolute Gasteiger partial charge is 0.481 e. The molecule has 0 amide bonds. The molecule has 1 fully saturated rings. The van der Waals surface area contributed by atoms with E-state index in [4.69, 9.17) is 5.11 Å². The topological polar surface area (TPSA) is 37.3 Å². The van der Waals surface area contributed by atoms with Crippen LogP contribution in [0.5, 0.6) is 0 Å². The fourth-order valence-corrected chi connectivity index (χ4v) is 2.03. The first-order chi connectivity index (χ1) is 7.09. The lowest BCUT2D eigenvalue weighted by atomic mass is 9.70. The Bertz CT molecular complexity index is 401. The highest BCUT2D eigenvalue weighted by atomic mass is 19.1. The van der Waals surface area contributed by atoms with Crippen molar-refractivity contribution in [2.24, 2.45) is 5.92 Å². The number of hydrogen-bond donors (Lipinski definition) is 1. The lowest BCUT2D eigenvalue weighted by Crippen LogP contribution is -2.30. The predicted molar refractivity (Wildman–Crippen MR) is 54.2 cm³/mol. The minimum absolute atomic E-state index is 0.00222. The summed E-state index contributed by atoms with van der Waals surface area (Å²) in [6.07, 6.45) is 1.55. The monoisotopic (exact) mass is 208 g/mol. The average Bonchev–Trinajstić information content (AvgIpc) is 2.08. The van der Waals surface area contributed by atoms with Gasteiger partial charge in [0.2, 0.25) is 0 Å². The highest BCUT2D eigenvalue weighted by Gasteiger charge is 2.37. The molecule has 80 valence electrons. The summed E-state index contributed by atoms with van der Waals surface area (Å²) in [5, 5.41) is 8.90. The number of aryl methyl sites for hydroxylation is 1. The molecule has 0 aliphatic heterocycles. The summed E-state index contributed by atoms with van der Waals surface area (Å²) in [5.41, 5.74) is 1.42. The van der Waals surface area contributed by atoms with Gasteiger partial charge in [0.1, 0.15) is 5.82 Å². The van der Waals surface area contributed by atoms with Gasteiger partial charge in [-0.2, -0.15) is 0 Å². The summed E-state index contributed by atoms with van der Waals surface area (Å²) < 4.78 is 13.3. The number of hydrogen-bond acceptors (Lipinski definition) is 1. The van der Waals surface area contributed by atoms with Gasteiger partial charge in [0.25, 0.3) is 0 Å². The van der Waals surface area contributed by atoms with E-state index in [1.165, 1.54) is 6.07 Å². The van der Waals surface area contributed by atoms with Gasteiger partial charge in [-0.05, 0) is 42.9 Å². The number of halogens is 1. The Balaban J connectivity index is 2.23. The third-order valence-corrected chi connectivity index (χ3v) is 3.22. The maximum absolute atomic E-state index is 13.3. The van der Waals surface area contributed by atoms with Crippen LogP contribution in [0.3, 0.4) is 0 Å². The van der Waals surface area contributed by atoms with E-state index in [-0.39, 0.29) is 17.7 Å². The Morgan fingerprint density at radius 2 is 2.20 bits per heavy atom. The summed E-state index contributed by atoms with van der Waals surface area (Å²) in [5.74, 6) is -1.35. The summed E-state index contributed by atoms with van der Waals surface area (Å²) in [7, 11) is 0. The van der Waals surface area contributed by atoms with Crippen LogP contribution in [0, 0.1) is 18.7 Å². The maximum atomic E-state index is 13.3. The molecule has 0 aromatic heterocycles. The first-order valence-electron chi connectivity index (χ1n) is 5.08. The number of benzene rings is 1. The molecule has 2 atom stereocenters. The van der Waals surface area contributed by atoms with Gasteiger partial charge in [-0.1, -0.05) is 12.1 Å². The third-order valence-electron chi connectivity index (χ3n) is 3.22. The van der Waals surface area contributed by atoms with Crippen molar-refractivity contribution in [3.63, 3.8) is 0 Å². The van der Waals surface area contributed by atoms with E-state index in [9.17, 15) is 9.18 Å². The molecule has 1 aromatic rings. The van der Waals surface area contributed by atoms with E-state index in [0.717, 1.165) is 12.0 Å². The molecule has 2 rings (SSSR count). The second-order valence-corrected chi connectivity index (χ2v) is 4.14. The van der Waals surface area contributed by atoms with Crippen LogP contribution in [-0.4, -0.2) is 11.1 Å². The van der Waals surface area contributed by atoms with Gasteiger partial charge in [0.05, 0.1) is 5.92 Å². The Labute approximate surface area is 87.7 Å². The molecular formula is C12H13FO2. The van der Waals surface area contributed by atoms with Gasteiger partial charge in [-0.25, -0.2) is 4.39 Å². The van der Waals surface area contributed by atoms with E-state index in [2.05, 4.69) is 0 Å². The first kappa shape index (κ1) is 10.1. The van der Waals surface area contributed by atoms with Crippen molar-refractivity contribution in [1.82, 2.24) is 0 Å². The fraction of sp³-hybridized carbons (Fsp3) is 0.417. The Morgan fingerprint density at radius 3 is 2.67 bits per heavy atom. The molecule has 2 nitrogen and oxygen atoms in total. The van der Waals surface area contributed by atoms with Crippen molar-refractivity contribution in [2.75, 3.05) is 0 Å². The minimum Gasteiger partial charge on any atom is -0.481 e. The number of carboxylic acid groups (broad SMARTS) is 1. The third kappa shape index (κ3) is 1.74. The van der Waals surface area contributed by atoms with E-state index in [1.807, 2.05) is 6.07 Å². The molecule has 1 N–H and O–H groups in total. The van der Waals surface area contributed by atoms with Crippen LogP contribution in [0.25, 0.3) is 0 Å². The second-order valence-electron chi connectivity index (χ2n) is 4.14. The van der Waals surface area contributed by atoms with Crippen molar-refractivity contribution in [3.05, 3.63) is 35.1 Å². The fourth-order valence-electron chi connectivity index (χ4n) is 2.03. The van der Waals surface area contributed by atoms with Gasteiger partial charge < -0.3 is 5.11 Å². The molecule has 0 radical (unpaired) electrons. The van der Waals surface area contributed by atoms with Gasteiger partial charge in [0.15, 0.2) is 0 Å². The molecular weight excluding hydrogens is 195 g/mol. The number of aliphatic carboxylic acids is 1. The molecule has 0 spiro atoms. The van der Waals surface area contributed by atoms with Gasteiger partial charge >= 0.3 is 5.97 Å². The zero-order valence-electron chi connectivity index (χ0n) is 8.53. The Hall–Kier alpha value is -1.38. The lowest BCUT2D eigenvalue weighted by molar-refractivity contribution is -0.145. The zero-order chi connectivity index (χ0) is 11.0. The molecule has 1 aromatic carbocycles. The zero-order valence-corrected chi connectivity index (χ0v) is 8.53. The summed E-state index contributed by atoms with van der Waals surface area (Å²) >= 11 is 0. The molecule has 0 saturated heterocycles. The van der Waals surface area contributed by atoms with Crippen molar-refractivity contribution < 1.29 is 14.3 Å². The van der Waals surface area contributed by atoms with Crippen LogP contribution < -0.4 is 0 Å². The summed E-state index contributed by atoms with van der Waals surface area (Å²) in [6.45, 7) is 1.70. The van der Waals surface area contributed by atoms with Crippen molar-refractivity contribution >= 4 is 5.97 Å². The molecule has 0 bridgehead atoms. The smallest absolute Gasteiger partial charge is 0.307 e. The Morgan fingerprint density at radius 1 is 1.47 bits per heavy atom. The highest BCUT2D eigenvalue weighted by Crippen LogP contribution is 2.42. The van der Waals surface area contributed by atoms with E-state index in [0.29, 0.717) is 12.0 Å². The molecule has 3 heteroatoms. The summed E-state index contributed by atoms with van der Waals surface area (Å²) in [4.78, 5) is 10.8. The molecule has 1 aliphatic carbocycles. The number of carboxylic acids is 1. The van der Waals surface area contributed by atoms with Crippen LogP contribution >= 0.6 is 0 Å². The van der Waals surface area contributed by atoms with Crippen LogP contribution in [-0.2, 0) is 4.79 Å². The van der Waals surface area contributed by atoms with Gasteiger partial charge in [0, 0.05) is 0 Å². The van der Waals surface area contributed by atoms with Crippen LogP contribution in [0.1, 0.15) is 29.9 Å². The highest BCUT2D eigenvalue weighted by molar-refractivity contribution is 5.72. The summed E-state index contributed by atoms with van der Waals surface area (Å²) in [6, 6.07) is 5.01. The van der Waals surface area contributed by atoms with Crippen molar-refractivity contribution in [1.29, 1.82) is 0 Å². The van der Waals surface area contributed by atoms with E-state index < -0.39 is 5.97 Å². The predicted octanol–water partition coefficient (Wildman–Crippen LogP) is 2.71. The SMILES string of the molecule is Cc1ccc(C2CCC2C(=O)O)cc1F. The quantitative estimate of drug-likeness (QED) is 0.811. The molecule has 2 unspecified atom stereocenters. The van der Waals surface area contributed by atoms with Crippen molar-refractivity contribution in [3.8, 4) is 0 Å². The maximum Gasteiger partial charge on any atom is 0.307 e. The molecule has 0 heterocycles. The molecule has 1 aliphatic rings. The normalized spacial score (nSPS) is 24.7. The van der Waals surface area contributed by atoms with Crippen LogP contribution in [0.15, 0.2) is 18.2 Å². The first-order valence-corrected chi connectivity index (χ1v) is 5.08. The average molecular weight is 208 g/mol.